The molecular weight excluding hydrogens is 235 g/mol. The van der Waals surface area contributed by atoms with Gasteiger partial charge in [-0.3, -0.25) is 4.79 Å². The molecule has 0 aromatic heterocycles. The Bertz CT molecular complexity index is 548. The van der Waals surface area contributed by atoms with Crippen LogP contribution in [0.3, 0.4) is 0 Å². The average molecular weight is 248 g/mol. The molecule has 1 aliphatic heterocycles. The van der Waals surface area contributed by atoms with Crippen LogP contribution < -0.4 is 0 Å². The summed E-state index contributed by atoms with van der Waals surface area (Å²) in [5.41, 5.74) is -0.180. The van der Waals surface area contributed by atoms with Gasteiger partial charge in [0.25, 0.3) is 5.91 Å². The first-order valence-electron chi connectivity index (χ1n) is 5.56. The maximum Gasteiger partial charge on any atom is 0.256 e. The van der Waals surface area contributed by atoms with Gasteiger partial charge in [0.05, 0.1) is 18.2 Å². The zero-order chi connectivity index (χ0) is 13.5. The molecule has 4 nitrogen and oxygen atoms in total. The fraction of sp³-hybridized carbons (Fsp3) is 0.385. The zero-order valence-electron chi connectivity index (χ0n) is 10.1. The summed E-state index contributed by atoms with van der Waals surface area (Å²) in [5, 5.41) is 18.5. The number of hydrogen-bond acceptors (Lipinski definition) is 3. The first-order chi connectivity index (χ1) is 8.42. The first kappa shape index (κ1) is 12.5. The molecule has 0 saturated carbocycles. The van der Waals surface area contributed by atoms with Crippen LogP contribution in [-0.2, 0) is 0 Å². The third-order valence-electron chi connectivity index (χ3n) is 3.18. The third-order valence-corrected chi connectivity index (χ3v) is 3.18. The highest BCUT2D eigenvalue weighted by molar-refractivity contribution is 6.00. The normalized spacial score (nSPS) is 18.7. The highest BCUT2D eigenvalue weighted by Gasteiger charge is 2.44. The molecule has 1 aromatic carbocycles. The van der Waals surface area contributed by atoms with Crippen molar-refractivity contribution < 1.29 is 14.3 Å². The van der Waals surface area contributed by atoms with Crippen molar-refractivity contribution in [1.29, 1.82) is 5.26 Å². The molecule has 1 aromatic rings. The van der Waals surface area contributed by atoms with E-state index >= 15 is 0 Å². The van der Waals surface area contributed by atoms with Crippen molar-refractivity contribution in [2.24, 2.45) is 0 Å². The van der Waals surface area contributed by atoms with Crippen molar-refractivity contribution in [1.82, 2.24) is 4.90 Å². The predicted octanol–water partition coefficient (Wildman–Crippen LogP) is 1.62. The molecule has 0 spiro atoms. The van der Waals surface area contributed by atoms with Gasteiger partial charge in [0.2, 0.25) is 0 Å². The van der Waals surface area contributed by atoms with Crippen LogP contribution in [0.25, 0.3) is 0 Å². The Morgan fingerprint density at radius 1 is 1.56 bits per heavy atom. The Morgan fingerprint density at radius 2 is 2.22 bits per heavy atom. The van der Waals surface area contributed by atoms with Crippen LogP contribution in [0.2, 0.25) is 0 Å². The Balaban J connectivity index is 2.57. The van der Waals surface area contributed by atoms with Gasteiger partial charge in [-0.05, 0) is 32.0 Å². The van der Waals surface area contributed by atoms with E-state index in [0.29, 0.717) is 11.1 Å². The predicted molar refractivity (Wildman–Crippen MR) is 62.1 cm³/mol. The largest absolute Gasteiger partial charge is 0.394 e. The molecule has 2 rings (SSSR count). The molecule has 1 N–H and O–H groups in total. The second-order valence-corrected chi connectivity index (χ2v) is 4.91. The first-order valence-corrected chi connectivity index (χ1v) is 5.56. The van der Waals surface area contributed by atoms with Gasteiger partial charge in [0, 0.05) is 11.1 Å². The SMILES string of the molecule is CC(C)(CO)N1C(=O)c2ccc(F)cc2C1C#N. The molecule has 5 heteroatoms. The molecule has 0 aliphatic carbocycles. The number of hydrogen-bond donors (Lipinski definition) is 1. The molecule has 1 heterocycles. The van der Waals surface area contributed by atoms with Gasteiger partial charge in [0.15, 0.2) is 0 Å². The van der Waals surface area contributed by atoms with Crippen LogP contribution in [0.5, 0.6) is 0 Å². The van der Waals surface area contributed by atoms with Gasteiger partial charge in [0.1, 0.15) is 11.9 Å². The van der Waals surface area contributed by atoms with E-state index < -0.39 is 17.4 Å². The van der Waals surface area contributed by atoms with Crippen LogP contribution in [0.1, 0.15) is 35.8 Å². The second-order valence-electron chi connectivity index (χ2n) is 4.91. The summed E-state index contributed by atoms with van der Waals surface area (Å²) in [4.78, 5) is 13.5. The molecule has 94 valence electrons. The molecule has 0 fully saturated rings. The Labute approximate surface area is 104 Å². The molecule has 1 aliphatic rings. The number of nitrogens with zero attached hydrogens (tertiary/aromatic N) is 2. The summed E-state index contributed by atoms with van der Waals surface area (Å²) in [6.07, 6.45) is 0. The van der Waals surface area contributed by atoms with Crippen molar-refractivity contribution in [2.75, 3.05) is 6.61 Å². The molecule has 1 amide bonds. The van der Waals surface area contributed by atoms with Gasteiger partial charge >= 0.3 is 0 Å². The third kappa shape index (κ3) is 1.66. The lowest BCUT2D eigenvalue weighted by Crippen LogP contribution is -2.48. The number of amides is 1. The Kier molecular flexibility index (Phi) is 2.83. The number of nitriles is 1. The van der Waals surface area contributed by atoms with Crippen LogP contribution in [0.15, 0.2) is 18.2 Å². The van der Waals surface area contributed by atoms with E-state index in [0.717, 1.165) is 0 Å². The van der Waals surface area contributed by atoms with E-state index in [4.69, 9.17) is 0 Å². The van der Waals surface area contributed by atoms with E-state index in [1.165, 1.54) is 23.1 Å². The highest BCUT2D eigenvalue weighted by Crippen LogP contribution is 2.38. The molecule has 1 unspecified atom stereocenters. The zero-order valence-corrected chi connectivity index (χ0v) is 10.1. The summed E-state index contributed by atoms with van der Waals surface area (Å²) in [6, 6.07) is 4.92. The smallest absolute Gasteiger partial charge is 0.256 e. The van der Waals surface area contributed by atoms with Crippen LogP contribution in [-0.4, -0.2) is 28.1 Å². The summed E-state index contributed by atoms with van der Waals surface area (Å²) in [7, 11) is 0. The van der Waals surface area contributed by atoms with Crippen LogP contribution >= 0.6 is 0 Å². The molecule has 0 saturated heterocycles. The van der Waals surface area contributed by atoms with Crippen LogP contribution in [0.4, 0.5) is 4.39 Å². The molecule has 1 atom stereocenters. The van der Waals surface area contributed by atoms with Gasteiger partial charge in [-0.1, -0.05) is 0 Å². The van der Waals surface area contributed by atoms with Gasteiger partial charge in [-0.25, -0.2) is 4.39 Å². The van der Waals surface area contributed by atoms with E-state index in [9.17, 15) is 19.6 Å². The fourth-order valence-electron chi connectivity index (χ4n) is 2.17. The van der Waals surface area contributed by atoms with Gasteiger partial charge in [-0.15, -0.1) is 0 Å². The number of fused-ring (bicyclic) bond motifs is 1. The molecule has 0 radical (unpaired) electrons. The number of carbonyl (C=O) groups excluding carboxylic acids is 1. The standard InChI is InChI=1S/C13H13FN2O2/c1-13(2,7-17)16-11(6-15)10-5-8(14)3-4-9(10)12(16)18/h3-5,11,17H,7H2,1-2H3. The van der Waals surface area contributed by atoms with Crippen molar-refractivity contribution in [3.8, 4) is 6.07 Å². The van der Waals surface area contributed by atoms with Crippen molar-refractivity contribution in [3.05, 3.63) is 35.1 Å². The van der Waals surface area contributed by atoms with Gasteiger partial charge in [-0.2, -0.15) is 5.26 Å². The van der Waals surface area contributed by atoms with E-state index in [1.807, 2.05) is 6.07 Å². The van der Waals surface area contributed by atoms with E-state index in [2.05, 4.69) is 0 Å². The lowest BCUT2D eigenvalue weighted by molar-refractivity contribution is 0.0337. The number of carbonyl (C=O) groups is 1. The minimum absolute atomic E-state index is 0.270. The lowest BCUT2D eigenvalue weighted by atomic mass is 10.0. The van der Waals surface area contributed by atoms with Gasteiger partial charge < -0.3 is 10.0 Å². The summed E-state index contributed by atoms with van der Waals surface area (Å²) < 4.78 is 13.2. The van der Waals surface area contributed by atoms with Crippen molar-refractivity contribution >= 4 is 5.91 Å². The minimum Gasteiger partial charge on any atom is -0.394 e. The van der Waals surface area contributed by atoms with Crippen LogP contribution in [0, 0.1) is 17.1 Å². The fourth-order valence-corrected chi connectivity index (χ4v) is 2.17. The maximum absolute atomic E-state index is 13.2. The van der Waals surface area contributed by atoms with E-state index in [1.54, 1.807) is 13.8 Å². The second kappa shape index (κ2) is 4.07. The number of rotatable bonds is 2. The minimum atomic E-state index is -0.868. The number of aliphatic hydroxyl groups excluding tert-OH is 1. The number of halogens is 1. The van der Waals surface area contributed by atoms with Crippen molar-refractivity contribution in [2.45, 2.75) is 25.4 Å². The lowest BCUT2D eigenvalue weighted by Gasteiger charge is -2.36. The average Bonchev–Trinajstić information content (AvgIpc) is 2.62. The highest BCUT2D eigenvalue weighted by atomic mass is 19.1. The Hall–Kier alpha value is -1.93. The van der Waals surface area contributed by atoms with Crippen molar-refractivity contribution in [3.63, 3.8) is 0 Å². The monoisotopic (exact) mass is 248 g/mol. The quantitative estimate of drug-likeness (QED) is 0.864. The molecule has 0 bridgehead atoms. The number of aliphatic hydroxyl groups is 1. The summed E-state index contributed by atoms with van der Waals surface area (Å²) >= 11 is 0. The molecule has 18 heavy (non-hydrogen) atoms. The Morgan fingerprint density at radius 3 is 2.78 bits per heavy atom. The summed E-state index contributed by atoms with van der Waals surface area (Å²) in [5.74, 6) is -0.832. The van der Waals surface area contributed by atoms with E-state index in [-0.39, 0.29) is 12.5 Å². The topological polar surface area (TPSA) is 64.3 Å². The maximum atomic E-state index is 13.2. The summed E-state index contributed by atoms with van der Waals surface area (Å²) in [6.45, 7) is 3.06. The number of benzene rings is 1. The molecular formula is C13H13FN2O2.